The minimum absolute atomic E-state index is 0.193. The van der Waals surface area contributed by atoms with E-state index in [-0.39, 0.29) is 18.4 Å². The first kappa shape index (κ1) is 15.6. The highest BCUT2D eigenvalue weighted by atomic mass is 16.2. The number of nitrogens with two attached hydrogens (primary N) is 1. The Balaban J connectivity index is 2.80. The molecule has 1 aromatic rings. The van der Waals surface area contributed by atoms with Crippen molar-refractivity contribution in [3.05, 3.63) is 30.1 Å². The summed E-state index contributed by atoms with van der Waals surface area (Å²) in [5, 5.41) is 2.57. The third-order valence-corrected chi connectivity index (χ3v) is 2.61. The van der Waals surface area contributed by atoms with Crippen molar-refractivity contribution in [1.29, 1.82) is 0 Å². The van der Waals surface area contributed by atoms with Gasteiger partial charge in [-0.2, -0.15) is 0 Å². The predicted octanol–water partition coefficient (Wildman–Crippen LogP) is -0.927. The van der Waals surface area contributed by atoms with Crippen LogP contribution >= 0.6 is 0 Å². The molecule has 1 aromatic heterocycles. The van der Waals surface area contributed by atoms with Gasteiger partial charge in [0.2, 0.25) is 17.7 Å². The van der Waals surface area contributed by atoms with Crippen LogP contribution in [-0.2, 0) is 20.8 Å². The molecule has 0 aliphatic rings. The number of amides is 3. The fourth-order valence-corrected chi connectivity index (χ4v) is 1.78. The Labute approximate surface area is 117 Å². The molecule has 0 aromatic carbocycles. The maximum Gasteiger partial charge on any atom is 0.245 e. The summed E-state index contributed by atoms with van der Waals surface area (Å²) in [4.78, 5) is 39.4. The Bertz CT molecular complexity index is 490. The highest BCUT2D eigenvalue weighted by molar-refractivity contribution is 5.89. The first-order valence-electron chi connectivity index (χ1n) is 6.09. The smallest absolute Gasteiger partial charge is 0.245 e. The van der Waals surface area contributed by atoms with Crippen LogP contribution in [0.1, 0.15) is 12.5 Å². The molecule has 3 amide bonds. The first-order chi connectivity index (χ1) is 9.40. The van der Waals surface area contributed by atoms with Gasteiger partial charge in [0.25, 0.3) is 0 Å². The number of likely N-dealkylation sites (N-methyl/N-ethyl adjacent to an activating group) is 1. The number of nitrogens with zero attached hydrogens (tertiary/aromatic N) is 2. The fourth-order valence-electron chi connectivity index (χ4n) is 1.78. The van der Waals surface area contributed by atoms with Crippen LogP contribution in [0.2, 0.25) is 0 Å². The van der Waals surface area contributed by atoms with Gasteiger partial charge in [0.1, 0.15) is 6.04 Å². The van der Waals surface area contributed by atoms with Crippen molar-refractivity contribution < 1.29 is 14.4 Å². The minimum atomic E-state index is -0.749. The van der Waals surface area contributed by atoms with Gasteiger partial charge in [0.15, 0.2) is 0 Å². The number of carbonyl (C=O) groups is 3. The van der Waals surface area contributed by atoms with E-state index in [9.17, 15) is 14.4 Å². The van der Waals surface area contributed by atoms with Gasteiger partial charge < -0.3 is 16.0 Å². The van der Waals surface area contributed by atoms with Crippen molar-refractivity contribution in [3.63, 3.8) is 0 Å². The Hall–Kier alpha value is -2.44. The highest BCUT2D eigenvalue weighted by Gasteiger charge is 2.24. The second-order valence-corrected chi connectivity index (χ2v) is 4.48. The summed E-state index contributed by atoms with van der Waals surface area (Å²) in [6.07, 6.45) is 3.55. The quantitative estimate of drug-likeness (QED) is 0.701. The Morgan fingerprint density at radius 3 is 2.65 bits per heavy atom. The molecule has 20 heavy (non-hydrogen) atoms. The minimum Gasteiger partial charge on any atom is -0.368 e. The molecule has 0 spiro atoms. The molecule has 1 atom stereocenters. The summed E-state index contributed by atoms with van der Waals surface area (Å²) in [7, 11) is 1.46. The molecule has 0 radical (unpaired) electrons. The van der Waals surface area contributed by atoms with Crippen molar-refractivity contribution in [2.75, 3.05) is 13.6 Å². The maximum absolute atomic E-state index is 12.2. The van der Waals surface area contributed by atoms with Crippen LogP contribution in [0.4, 0.5) is 0 Å². The van der Waals surface area contributed by atoms with Crippen LogP contribution in [0.3, 0.4) is 0 Å². The SMILES string of the molecule is CC(=O)NC(Cc1cccnc1)C(=O)N(C)CC(N)=O. The van der Waals surface area contributed by atoms with Crippen molar-refractivity contribution in [3.8, 4) is 0 Å². The third kappa shape index (κ3) is 5.05. The van der Waals surface area contributed by atoms with Gasteiger partial charge in [-0.3, -0.25) is 19.4 Å². The lowest BCUT2D eigenvalue weighted by Crippen LogP contribution is -2.49. The second kappa shape index (κ2) is 7.22. The molecule has 1 heterocycles. The van der Waals surface area contributed by atoms with Gasteiger partial charge in [-0.25, -0.2) is 0 Å². The van der Waals surface area contributed by atoms with Gasteiger partial charge in [0, 0.05) is 32.8 Å². The van der Waals surface area contributed by atoms with Gasteiger partial charge in [0.05, 0.1) is 6.54 Å². The lowest BCUT2D eigenvalue weighted by atomic mass is 10.1. The molecule has 0 bridgehead atoms. The molecule has 108 valence electrons. The maximum atomic E-state index is 12.2. The Kier molecular flexibility index (Phi) is 5.64. The number of hydrogen-bond acceptors (Lipinski definition) is 4. The summed E-state index contributed by atoms with van der Waals surface area (Å²) in [5.41, 5.74) is 5.87. The zero-order valence-electron chi connectivity index (χ0n) is 11.5. The normalized spacial score (nSPS) is 11.5. The number of carbonyl (C=O) groups excluding carboxylic acids is 3. The van der Waals surface area contributed by atoms with Crippen LogP contribution in [0.15, 0.2) is 24.5 Å². The highest BCUT2D eigenvalue weighted by Crippen LogP contribution is 2.04. The van der Waals surface area contributed by atoms with E-state index in [1.54, 1.807) is 18.5 Å². The van der Waals surface area contributed by atoms with Crippen molar-refractivity contribution >= 4 is 17.7 Å². The number of pyridine rings is 1. The molecule has 1 unspecified atom stereocenters. The standard InChI is InChI=1S/C13H18N4O3/c1-9(18)16-11(6-10-4-3-5-15-7-10)13(20)17(2)8-12(14)19/h3-5,7,11H,6,8H2,1-2H3,(H2,14,19)(H,16,18). The van der Waals surface area contributed by atoms with Gasteiger partial charge in [-0.15, -0.1) is 0 Å². The molecule has 0 aliphatic heterocycles. The zero-order chi connectivity index (χ0) is 15.1. The molecular formula is C13H18N4O3. The second-order valence-electron chi connectivity index (χ2n) is 4.48. The fraction of sp³-hybridized carbons (Fsp3) is 0.385. The van der Waals surface area contributed by atoms with Crippen molar-refractivity contribution in [2.45, 2.75) is 19.4 Å². The molecule has 0 fully saturated rings. The lowest BCUT2D eigenvalue weighted by Gasteiger charge is -2.23. The number of primary amides is 1. The predicted molar refractivity (Wildman–Crippen MR) is 72.4 cm³/mol. The van der Waals surface area contributed by atoms with E-state index in [0.29, 0.717) is 6.42 Å². The number of aromatic nitrogens is 1. The van der Waals surface area contributed by atoms with Crippen LogP contribution in [0.5, 0.6) is 0 Å². The molecule has 1 rings (SSSR count). The van der Waals surface area contributed by atoms with Gasteiger partial charge in [-0.05, 0) is 11.6 Å². The zero-order valence-corrected chi connectivity index (χ0v) is 11.5. The van der Waals surface area contributed by atoms with Gasteiger partial charge >= 0.3 is 0 Å². The molecule has 0 saturated carbocycles. The Morgan fingerprint density at radius 1 is 1.45 bits per heavy atom. The average molecular weight is 278 g/mol. The van der Waals surface area contributed by atoms with Crippen molar-refractivity contribution in [2.24, 2.45) is 5.73 Å². The number of nitrogens with one attached hydrogen (secondary N) is 1. The summed E-state index contributed by atoms with van der Waals surface area (Å²) in [6, 6.07) is 2.81. The topological polar surface area (TPSA) is 105 Å². The summed E-state index contributed by atoms with van der Waals surface area (Å²) in [5.74, 6) is -1.30. The first-order valence-corrected chi connectivity index (χ1v) is 6.09. The van der Waals surface area contributed by atoms with Crippen molar-refractivity contribution in [1.82, 2.24) is 15.2 Å². The number of hydrogen-bond donors (Lipinski definition) is 2. The molecule has 3 N–H and O–H groups in total. The molecule has 0 aliphatic carbocycles. The van der Waals surface area contributed by atoms with E-state index in [1.807, 2.05) is 6.07 Å². The largest absolute Gasteiger partial charge is 0.368 e. The van der Waals surface area contributed by atoms with E-state index in [2.05, 4.69) is 10.3 Å². The molecule has 7 heteroatoms. The van der Waals surface area contributed by atoms with Crippen LogP contribution in [0.25, 0.3) is 0 Å². The molecule has 7 nitrogen and oxygen atoms in total. The third-order valence-electron chi connectivity index (χ3n) is 2.61. The summed E-state index contributed by atoms with van der Waals surface area (Å²) < 4.78 is 0. The van der Waals surface area contributed by atoms with E-state index < -0.39 is 11.9 Å². The summed E-state index contributed by atoms with van der Waals surface area (Å²) in [6.45, 7) is 1.14. The van der Waals surface area contributed by atoms with E-state index in [4.69, 9.17) is 5.73 Å². The van der Waals surface area contributed by atoms with E-state index >= 15 is 0 Å². The Morgan fingerprint density at radius 2 is 2.15 bits per heavy atom. The summed E-state index contributed by atoms with van der Waals surface area (Å²) >= 11 is 0. The molecular weight excluding hydrogens is 260 g/mol. The van der Waals surface area contributed by atoms with Crippen LogP contribution in [-0.4, -0.2) is 47.2 Å². The van der Waals surface area contributed by atoms with E-state index in [1.165, 1.54) is 18.9 Å². The average Bonchev–Trinajstić information content (AvgIpc) is 2.37. The lowest BCUT2D eigenvalue weighted by molar-refractivity contribution is -0.137. The monoisotopic (exact) mass is 278 g/mol. The van der Waals surface area contributed by atoms with Gasteiger partial charge in [-0.1, -0.05) is 6.07 Å². The number of rotatable bonds is 6. The molecule has 0 saturated heterocycles. The van der Waals surface area contributed by atoms with Crippen LogP contribution in [0, 0.1) is 0 Å². The van der Waals surface area contributed by atoms with Crippen LogP contribution < -0.4 is 11.1 Å². The van der Waals surface area contributed by atoms with E-state index in [0.717, 1.165) is 5.56 Å².